The summed E-state index contributed by atoms with van der Waals surface area (Å²) in [5.74, 6) is -0.0759. The van der Waals surface area contributed by atoms with E-state index in [0.29, 0.717) is 54.9 Å². The smallest absolute Gasteiger partial charge is 0.243 e. The van der Waals surface area contributed by atoms with Gasteiger partial charge < -0.3 is 9.64 Å². The number of nitrogens with zero attached hydrogens (tertiary/aromatic N) is 2. The van der Waals surface area contributed by atoms with E-state index in [4.69, 9.17) is 27.9 Å². The zero-order chi connectivity index (χ0) is 22.4. The number of ether oxygens (including phenoxy) is 1. The summed E-state index contributed by atoms with van der Waals surface area (Å²) >= 11 is 12.0. The molecule has 0 atom stereocenters. The van der Waals surface area contributed by atoms with E-state index in [0.717, 1.165) is 12.1 Å². The third kappa shape index (κ3) is 6.10. The second-order valence-corrected chi connectivity index (χ2v) is 9.82. The first-order chi connectivity index (χ1) is 14.8. The number of rotatable bonds is 7. The van der Waals surface area contributed by atoms with Crippen LogP contribution in [0.1, 0.15) is 19.3 Å². The minimum atomic E-state index is -3.73. The van der Waals surface area contributed by atoms with Crippen LogP contribution >= 0.6 is 23.2 Å². The number of halogens is 3. The Labute approximate surface area is 191 Å². The third-order valence-corrected chi connectivity index (χ3v) is 7.68. The molecule has 0 aliphatic carbocycles. The second-order valence-electron chi connectivity index (χ2n) is 7.10. The molecule has 3 rings (SSSR count). The lowest BCUT2D eigenvalue weighted by atomic mass is 10.2. The third-order valence-electron chi connectivity index (χ3n) is 4.97. The first-order valence-electron chi connectivity index (χ1n) is 9.89. The van der Waals surface area contributed by atoms with Gasteiger partial charge in [-0.15, -0.1) is 0 Å². The fraction of sp³-hybridized carbons (Fsp3) is 0.381. The number of sulfonamides is 1. The number of hydrogen-bond acceptors (Lipinski definition) is 4. The number of carbonyl (C=O) groups is 1. The maximum atomic E-state index is 13.1. The van der Waals surface area contributed by atoms with Crippen molar-refractivity contribution in [2.75, 3.05) is 32.8 Å². The number of benzene rings is 2. The number of carbonyl (C=O) groups excluding carboxylic acids is 1. The van der Waals surface area contributed by atoms with Crippen LogP contribution in [0.25, 0.3) is 0 Å². The van der Waals surface area contributed by atoms with E-state index in [1.54, 1.807) is 23.1 Å². The fourth-order valence-corrected chi connectivity index (χ4v) is 5.11. The van der Waals surface area contributed by atoms with Crippen LogP contribution in [-0.2, 0) is 14.8 Å². The first-order valence-corrected chi connectivity index (χ1v) is 12.1. The largest absolute Gasteiger partial charge is 0.492 e. The van der Waals surface area contributed by atoms with E-state index >= 15 is 0 Å². The van der Waals surface area contributed by atoms with E-state index in [-0.39, 0.29) is 23.8 Å². The maximum Gasteiger partial charge on any atom is 0.243 e. The molecule has 10 heteroatoms. The van der Waals surface area contributed by atoms with Crippen molar-refractivity contribution in [1.82, 2.24) is 9.21 Å². The van der Waals surface area contributed by atoms with Gasteiger partial charge in [-0.25, -0.2) is 12.8 Å². The molecule has 1 fully saturated rings. The zero-order valence-corrected chi connectivity index (χ0v) is 19.1. The summed E-state index contributed by atoms with van der Waals surface area (Å²) in [6.45, 7) is 1.60. The van der Waals surface area contributed by atoms with Gasteiger partial charge in [0.2, 0.25) is 15.9 Å². The van der Waals surface area contributed by atoms with E-state index in [1.807, 2.05) is 0 Å². The molecule has 168 valence electrons. The van der Waals surface area contributed by atoms with Gasteiger partial charge in [0.25, 0.3) is 0 Å². The molecule has 0 aromatic heterocycles. The summed E-state index contributed by atoms with van der Waals surface area (Å²) in [5, 5.41) is 0.741. The van der Waals surface area contributed by atoms with Crippen LogP contribution in [0.5, 0.6) is 5.75 Å². The predicted molar refractivity (Wildman–Crippen MR) is 118 cm³/mol. The Morgan fingerprint density at radius 1 is 1.03 bits per heavy atom. The van der Waals surface area contributed by atoms with Gasteiger partial charge in [0.15, 0.2) is 0 Å². The molecule has 0 spiro atoms. The molecule has 1 aliphatic heterocycles. The summed E-state index contributed by atoms with van der Waals surface area (Å²) in [7, 11) is -3.73. The van der Waals surface area contributed by atoms with Crippen LogP contribution in [0.4, 0.5) is 4.39 Å². The Hall–Kier alpha value is -1.87. The molecule has 0 radical (unpaired) electrons. The summed E-state index contributed by atoms with van der Waals surface area (Å²) in [4.78, 5) is 14.3. The minimum absolute atomic E-state index is 0.0468. The molecule has 2 aromatic carbocycles. The van der Waals surface area contributed by atoms with E-state index < -0.39 is 15.8 Å². The van der Waals surface area contributed by atoms with Crippen molar-refractivity contribution in [3.05, 3.63) is 58.3 Å². The van der Waals surface area contributed by atoms with Crippen molar-refractivity contribution in [2.45, 2.75) is 24.2 Å². The van der Waals surface area contributed by atoms with E-state index in [1.165, 1.54) is 16.4 Å². The molecule has 6 nitrogen and oxygen atoms in total. The van der Waals surface area contributed by atoms with Gasteiger partial charge in [-0.05, 0) is 49.2 Å². The Bertz CT molecular complexity index is 1020. The average Bonchev–Trinajstić information content (AvgIpc) is 3.01. The van der Waals surface area contributed by atoms with Crippen LogP contribution < -0.4 is 4.74 Å². The maximum absolute atomic E-state index is 13.1. The summed E-state index contributed by atoms with van der Waals surface area (Å²) in [5.41, 5.74) is 0. The Morgan fingerprint density at radius 3 is 2.52 bits per heavy atom. The molecule has 31 heavy (non-hydrogen) atoms. The van der Waals surface area contributed by atoms with Gasteiger partial charge in [-0.2, -0.15) is 4.31 Å². The Kier molecular flexibility index (Phi) is 8.16. The van der Waals surface area contributed by atoms with Gasteiger partial charge >= 0.3 is 0 Å². The Balaban J connectivity index is 1.49. The highest BCUT2D eigenvalue weighted by atomic mass is 35.5. The summed E-state index contributed by atoms with van der Waals surface area (Å²) < 4.78 is 45.6. The van der Waals surface area contributed by atoms with Crippen LogP contribution in [0.2, 0.25) is 10.0 Å². The molecule has 2 aromatic rings. The molecular formula is C21H23Cl2FN2O4S. The van der Waals surface area contributed by atoms with Crippen molar-refractivity contribution >= 4 is 39.1 Å². The van der Waals surface area contributed by atoms with Crippen LogP contribution in [-0.4, -0.2) is 56.3 Å². The lowest BCUT2D eigenvalue weighted by Crippen LogP contribution is -2.37. The molecular weight excluding hydrogens is 466 g/mol. The van der Waals surface area contributed by atoms with Crippen molar-refractivity contribution in [3.63, 3.8) is 0 Å². The average molecular weight is 489 g/mol. The molecule has 1 saturated heterocycles. The van der Waals surface area contributed by atoms with Crippen molar-refractivity contribution in [3.8, 4) is 5.75 Å². The highest BCUT2D eigenvalue weighted by molar-refractivity contribution is 7.89. The van der Waals surface area contributed by atoms with Gasteiger partial charge in [-0.3, -0.25) is 4.79 Å². The van der Waals surface area contributed by atoms with Gasteiger partial charge in [-0.1, -0.05) is 29.3 Å². The SMILES string of the molecule is O=C(CCCOc1cccc(Cl)c1Cl)N1CCCN(S(=O)(=O)c2ccc(F)cc2)CC1. The summed E-state index contributed by atoms with van der Waals surface area (Å²) in [6.07, 6.45) is 1.31. The monoisotopic (exact) mass is 488 g/mol. The second kappa shape index (κ2) is 10.6. The molecule has 0 N–H and O–H groups in total. The van der Waals surface area contributed by atoms with Crippen molar-refractivity contribution < 1.29 is 22.3 Å². The van der Waals surface area contributed by atoms with Gasteiger partial charge in [0, 0.05) is 32.6 Å². The van der Waals surface area contributed by atoms with Gasteiger partial charge in [0.05, 0.1) is 16.5 Å². The van der Waals surface area contributed by atoms with Crippen LogP contribution in [0, 0.1) is 5.82 Å². The first kappa shape index (κ1) is 23.8. The minimum Gasteiger partial charge on any atom is -0.492 e. The van der Waals surface area contributed by atoms with Crippen molar-refractivity contribution in [1.29, 1.82) is 0 Å². The van der Waals surface area contributed by atoms with E-state index in [2.05, 4.69) is 0 Å². The quantitative estimate of drug-likeness (QED) is 0.547. The van der Waals surface area contributed by atoms with Crippen molar-refractivity contribution in [2.24, 2.45) is 0 Å². The normalized spacial score (nSPS) is 15.5. The predicted octanol–water partition coefficient (Wildman–Crippen LogP) is 4.21. The number of hydrogen-bond donors (Lipinski definition) is 0. The van der Waals surface area contributed by atoms with Crippen LogP contribution in [0.15, 0.2) is 47.4 Å². The molecule has 1 aliphatic rings. The van der Waals surface area contributed by atoms with Gasteiger partial charge in [0.1, 0.15) is 16.6 Å². The lowest BCUT2D eigenvalue weighted by molar-refractivity contribution is -0.131. The molecule has 0 saturated carbocycles. The zero-order valence-electron chi connectivity index (χ0n) is 16.8. The highest BCUT2D eigenvalue weighted by Crippen LogP contribution is 2.31. The molecule has 1 amide bonds. The standard InChI is InChI=1S/C21H23Cl2FN2O4S/c22-18-4-1-5-19(21(18)23)30-15-2-6-20(27)25-11-3-12-26(14-13-25)31(28,29)17-9-7-16(24)8-10-17/h1,4-5,7-10H,2-3,6,11-15H2. The Morgan fingerprint density at radius 2 is 1.77 bits per heavy atom. The molecule has 0 unspecified atom stereocenters. The fourth-order valence-electron chi connectivity index (χ4n) is 3.30. The lowest BCUT2D eigenvalue weighted by Gasteiger charge is -2.22. The molecule has 0 bridgehead atoms. The molecule has 1 heterocycles. The topological polar surface area (TPSA) is 66.9 Å². The van der Waals surface area contributed by atoms with Crippen LogP contribution in [0.3, 0.4) is 0 Å². The van der Waals surface area contributed by atoms with E-state index in [9.17, 15) is 17.6 Å². The summed E-state index contributed by atoms with van der Waals surface area (Å²) in [6, 6.07) is 9.87. The highest BCUT2D eigenvalue weighted by Gasteiger charge is 2.28. The number of amides is 1.